The number of rotatable bonds is 7. The lowest BCUT2D eigenvalue weighted by Crippen LogP contribution is -2.48. The second-order valence-electron chi connectivity index (χ2n) is 6.45. The van der Waals surface area contributed by atoms with E-state index in [0.29, 0.717) is 31.2 Å². The molecule has 0 saturated carbocycles. The molecule has 0 bridgehead atoms. The van der Waals surface area contributed by atoms with Crippen LogP contribution in [0, 0.1) is 0 Å². The Morgan fingerprint density at radius 3 is 2.48 bits per heavy atom. The summed E-state index contributed by atoms with van der Waals surface area (Å²) in [5.41, 5.74) is 1.08. The van der Waals surface area contributed by atoms with Gasteiger partial charge >= 0.3 is 0 Å². The highest BCUT2D eigenvalue weighted by atomic mass is 16.5. The Morgan fingerprint density at radius 2 is 1.81 bits per heavy atom. The molecule has 1 aromatic heterocycles. The molecule has 146 valence electrons. The van der Waals surface area contributed by atoms with E-state index < -0.39 is 0 Å². The monoisotopic (exact) mass is 374 g/mol. The Bertz CT molecular complexity index is 765. The minimum absolute atomic E-state index is 0.0732. The van der Waals surface area contributed by atoms with Crippen LogP contribution >= 0.6 is 0 Å². The molecule has 0 aliphatic carbocycles. The first-order chi connectivity index (χ1) is 13.1. The summed E-state index contributed by atoms with van der Waals surface area (Å²) in [6, 6.07) is 9.30. The van der Waals surface area contributed by atoms with Crippen molar-refractivity contribution in [2.24, 2.45) is 0 Å². The third kappa shape index (κ3) is 4.61. The van der Waals surface area contributed by atoms with Crippen LogP contribution in [0.4, 0.5) is 0 Å². The van der Waals surface area contributed by atoms with Crippen LogP contribution < -0.4 is 9.47 Å². The minimum atomic E-state index is -0.0732. The fraction of sp³-hybridized carbons (Fsp3) is 0.450. The summed E-state index contributed by atoms with van der Waals surface area (Å²) in [4.78, 5) is 16.7. The number of hydrogen-bond donors (Lipinski definition) is 0. The Morgan fingerprint density at radius 1 is 1.04 bits per heavy atom. The van der Waals surface area contributed by atoms with Gasteiger partial charge in [-0.1, -0.05) is 0 Å². The number of hydrogen-bond acceptors (Lipinski definition) is 6. The number of piperazine rings is 1. The van der Waals surface area contributed by atoms with Crippen LogP contribution in [0.5, 0.6) is 11.5 Å². The standard InChI is InChI=1S/C20H26N2O5/c1-24-14-17-5-7-19(27-17)20(23)22-10-8-21(9-11-22)13-15-12-16(25-2)4-6-18(15)26-3/h4-7,12H,8-11,13-14H2,1-3H3. The van der Waals surface area contributed by atoms with Crippen LogP contribution in [0.1, 0.15) is 21.9 Å². The van der Waals surface area contributed by atoms with Gasteiger partial charge in [-0.15, -0.1) is 0 Å². The lowest BCUT2D eigenvalue weighted by Gasteiger charge is -2.34. The first-order valence-corrected chi connectivity index (χ1v) is 8.94. The molecule has 0 atom stereocenters. The summed E-state index contributed by atoms with van der Waals surface area (Å²) < 4.78 is 21.4. The SMILES string of the molecule is COCc1ccc(C(=O)N2CCN(Cc3cc(OC)ccc3OC)CC2)o1. The third-order valence-electron chi connectivity index (χ3n) is 4.70. The van der Waals surface area contributed by atoms with Gasteiger partial charge in [-0.05, 0) is 30.3 Å². The van der Waals surface area contributed by atoms with Crippen molar-refractivity contribution < 1.29 is 23.4 Å². The van der Waals surface area contributed by atoms with E-state index in [1.807, 2.05) is 23.1 Å². The van der Waals surface area contributed by atoms with Crippen LogP contribution in [-0.4, -0.2) is 63.2 Å². The Hall–Kier alpha value is -2.51. The molecule has 0 spiro atoms. The number of carbonyl (C=O) groups excluding carboxylic acids is 1. The summed E-state index contributed by atoms with van der Waals surface area (Å²) >= 11 is 0. The first-order valence-electron chi connectivity index (χ1n) is 8.94. The molecule has 1 saturated heterocycles. The number of benzene rings is 1. The number of amides is 1. The van der Waals surface area contributed by atoms with E-state index in [2.05, 4.69) is 4.90 Å². The van der Waals surface area contributed by atoms with Crippen molar-refractivity contribution in [1.29, 1.82) is 0 Å². The van der Waals surface area contributed by atoms with E-state index in [-0.39, 0.29) is 5.91 Å². The zero-order chi connectivity index (χ0) is 19.2. The van der Waals surface area contributed by atoms with E-state index in [1.54, 1.807) is 33.5 Å². The van der Waals surface area contributed by atoms with Gasteiger partial charge in [0.2, 0.25) is 0 Å². The molecule has 0 N–H and O–H groups in total. The highest BCUT2D eigenvalue weighted by Gasteiger charge is 2.25. The summed E-state index contributed by atoms with van der Waals surface area (Å²) in [7, 11) is 4.92. The van der Waals surface area contributed by atoms with E-state index in [1.165, 1.54) is 0 Å². The van der Waals surface area contributed by atoms with Gasteiger partial charge in [0.15, 0.2) is 5.76 Å². The molecule has 1 fully saturated rings. The van der Waals surface area contributed by atoms with Crippen LogP contribution in [0.2, 0.25) is 0 Å². The van der Waals surface area contributed by atoms with Crippen molar-refractivity contribution in [1.82, 2.24) is 9.80 Å². The molecule has 1 aliphatic rings. The molecule has 2 aromatic rings. The number of carbonyl (C=O) groups is 1. The molecule has 7 nitrogen and oxygen atoms in total. The van der Waals surface area contributed by atoms with Gasteiger partial charge in [-0.3, -0.25) is 9.69 Å². The smallest absolute Gasteiger partial charge is 0.289 e. The lowest BCUT2D eigenvalue weighted by atomic mass is 10.1. The molecular formula is C20H26N2O5. The number of methoxy groups -OCH3 is 3. The zero-order valence-electron chi connectivity index (χ0n) is 16.1. The van der Waals surface area contributed by atoms with Crippen LogP contribution in [0.3, 0.4) is 0 Å². The number of furan rings is 1. The van der Waals surface area contributed by atoms with Gasteiger partial charge in [0.1, 0.15) is 23.9 Å². The van der Waals surface area contributed by atoms with Crippen molar-refractivity contribution in [3.8, 4) is 11.5 Å². The summed E-state index contributed by atoms with van der Waals surface area (Å²) in [6.45, 7) is 4.01. The molecule has 1 aliphatic heterocycles. The van der Waals surface area contributed by atoms with Crippen molar-refractivity contribution in [3.05, 3.63) is 47.4 Å². The molecule has 2 heterocycles. The molecule has 1 amide bonds. The average Bonchev–Trinajstić information content (AvgIpc) is 3.17. The predicted molar refractivity (Wildman–Crippen MR) is 100 cm³/mol. The molecule has 7 heteroatoms. The molecule has 0 radical (unpaired) electrons. The van der Waals surface area contributed by atoms with Crippen LogP contribution in [-0.2, 0) is 17.9 Å². The fourth-order valence-corrected chi connectivity index (χ4v) is 3.22. The van der Waals surface area contributed by atoms with Crippen molar-refractivity contribution in [2.45, 2.75) is 13.2 Å². The lowest BCUT2D eigenvalue weighted by molar-refractivity contribution is 0.0590. The Kier molecular flexibility index (Phi) is 6.36. The molecule has 27 heavy (non-hydrogen) atoms. The Labute approximate surface area is 159 Å². The normalized spacial score (nSPS) is 15.0. The largest absolute Gasteiger partial charge is 0.497 e. The first kappa shape index (κ1) is 19.3. The van der Waals surface area contributed by atoms with Gasteiger partial charge in [-0.2, -0.15) is 0 Å². The number of nitrogens with zero attached hydrogens (tertiary/aromatic N) is 2. The zero-order valence-corrected chi connectivity index (χ0v) is 16.1. The second kappa shape index (κ2) is 8.92. The quantitative estimate of drug-likeness (QED) is 0.742. The maximum atomic E-state index is 12.6. The predicted octanol–water partition coefficient (Wildman–Crippen LogP) is 2.40. The maximum absolute atomic E-state index is 12.6. The molecule has 1 aromatic carbocycles. The van der Waals surface area contributed by atoms with Crippen LogP contribution in [0.25, 0.3) is 0 Å². The summed E-state index contributed by atoms with van der Waals surface area (Å²) in [5.74, 6) is 2.60. The van der Waals surface area contributed by atoms with Crippen molar-refractivity contribution in [3.63, 3.8) is 0 Å². The van der Waals surface area contributed by atoms with Crippen LogP contribution in [0.15, 0.2) is 34.7 Å². The molecule has 0 unspecified atom stereocenters. The van der Waals surface area contributed by atoms with Gasteiger partial charge in [0, 0.05) is 45.4 Å². The van der Waals surface area contributed by atoms with Gasteiger partial charge in [0.05, 0.1) is 14.2 Å². The molecular weight excluding hydrogens is 348 g/mol. The maximum Gasteiger partial charge on any atom is 0.289 e. The third-order valence-corrected chi connectivity index (χ3v) is 4.70. The number of ether oxygens (including phenoxy) is 3. The topological polar surface area (TPSA) is 64.4 Å². The average molecular weight is 374 g/mol. The van der Waals surface area contributed by atoms with E-state index in [9.17, 15) is 4.79 Å². The van der Waals surface area contributed by atoms with Gasteiger partial charge in [0.25, 0.3) is 5.91 Å². The van der Waals surface area contributed by atoms with E-state index in [0.717, 1.165) is 36.7 Å². The second-order valence-corrected chi connectivity index (χ2v) is 6.45. The van der Waals surface area contributed by atoms with Gasteiger partial charge in [-0.25, -0.2) is 0 Å². The van der Waals surface area contributed by atoms with Crippen molar-refractivity contribution >= 4 is 5.91 Å². The van der Waals surface area contributed by atoms with Crippen molar-refractivity contribution in [2.75, 3.05) is 47.5 Å². The van der Waals surface area contributed by atoms with Gasteiger partial charge < -0.3 is 23.5 Å². The highest BCUT2D eigenvalue weighted by molar-refractivity contribution is 5.91. The Balaban J connectivity index is 1.58. The van der Waals surface area contributed by atoms with E-state index >= 15 is 0 Å². The van der Waals surface area contributed by atoms with E-state index in [4.69, 9.17) is 18.6 Å². The summed E-state index contributed by atoms with van der Waals surface area (Å²) in [5, 5.41) is 0. The highest BCUT2D eigenvalue weighted by Crippen LogP contribution is 2.25. The molecule has 3 rings (SSSR count). The summed E-state index contributed by atoms with van der Waals surface area (Å²) in [6.07, 6.45) is 0. The minimum Gasteiger partial charge on any atom is -0.497 e. The fourth-order valence-electron chi connectivity index (χ4n) is 3.22.